The van der Waals surface area contributed by atoms with Crippen molar-refractivity contribution in [3.8, 4) is 0 Å². The predicted molar refractivity (Wildman–Crippen MR) is 125 cm³/mol. The van der Waals surface area contributed by atoms with Crippen molar-refractivity contribution < 1.29 is 9.90 Å². The molecule has 2 aromatic carbocycles. The van der Waals surface area contributed by atoms with Gasteiger partial charge in [0.15, 0.2) is 0 Å². The average molecular weight is 411 g/mol. The van der Waals surface area contributed by atoms with Crippen LogP contribution in [-0.2, 0) is 24.2 Å². The lowest BCUT2D eigenvalue weighted by molar-refractivity contribution is -0.137. The summed E-state index contributed by atoms with van der Waals surface area (Å²) in [6.07, 6.45) is 1.79. The summed E-state index contributed by atoms with van der Waals surface area (Å²) in [5.41, 5.74) is 6.23. The van der Waals surface area contributed by atoms with Gasteiger partial charge in [-0.3, -0.25) is 4.79 Å². The van der Waals surface area contributed by atoms with Crippen molar-refractivity contribution in [2.24, 2.45) is 0 Å². The molecule has 0 amide bonds. The Balaban J connectivity index is 0.00000145. The highest BCUT2D eigenvalue weighted by Gasteiger charge is 2.16. The highest BCUT2D eigenvalue weighted by molar-refractivity contribution is 7.78. The Hall–Kier alpha value is -2.66. The van der Waals surface area contributed by atoms with Crippen LogP contribution in [0.25, 0.3) is 10.9 Å². The topological polar surface area (TPSA) is 45.5 Å². The molecule has 0 fully saturated rings. The highest BCUT2D eigenvalue weighted by atomic mass is 32.1. The zero-order valence-electron chi connectivity index (χ0n) is 17.5. The maximum absolute atomic E-state index is 11.3. The van der Waals surface area contributed by atoms with Gasteiger partial charge >= 0.3 is 5.97 Å². The Morgan fingerprint density at radius 1 is 1.03 bits per heavy atom. The molecule has 154 valence electrons. The number of carbonyl (C=O) groups is 1. The molecule has 0 aliphatic heterocycles. The van der Waals surface area contributed by atoms with Gasteiger partial charge in [0.1, 0.15) is 6.54 Å². The first-order valence-corrected chi connectivity index (χ1v) is 10.6. The number of hydrogen-bond acceptors (Lipinski definition) is 2. The largest absolute Gasteiger partial charge is 0.480 e. The van der Waals surface area contributed by atoms with Crippen LogP contribution in [-0.4, -0.2) is 39.1 Å². The van der Waals surface area contributed by atoms with Gasteiger partial charge in [0.2, 0.25) is 0 Å². The summed E-state index contributed by atoms with van der Waals surface area (Å²) >= 11 is 5.21. The molecular weight excluding hydrogens is 380 g/mol. The first-order valence-electron chi connectivity index (χ1n) is 10.1. The third-order valence-electron chi connectivity index (χ3n) is 4.98. The fourth-order valence-electron chi connectivity index (χ4n) is 3.55. The lowest BCUT2D eigenvalue weighted by Gasteiger charge is -2.19. The fraction of sp³-hybridized carbons (Fsp3) is 0.333. The van der Waals surface area contributed by atoms with E-state index in [4.69, 9.17) is 12.2 Å². The monoisotopic (exact) mass is 410 g/mol. The van der Waals surface area contributed by atoms with E-state index in [1.54, 1.807) is 5.49 Å². The van der Waals surface area contributed by atoms with E-state index in [2.05, 4.69) is 35.2 Å². The molecule has 0 saturated heterocycles. The van der Waals surface area contributed by atoms with Crippen molar-refractivity contribution in [2.45, 2.75) is 40.2 Å². The molecule has 0 unspecified atom stereocenters. The van der Waals surface area contributed by atoms with Crippen LogP contribution in [0, 0.1) is 6.92 Å². The summed E-state index contributed by atoms with van der Waals surface area (Å²) in [6, 6.07) is 18.4. The lowest BCUT2D eigenvalue weighted by atomic mass is 10.1. The van der Waals surface area contributed by atoms with Crippen LogP contribution in [0.5, 0.6) is 0 Å². The predicted octanol–water partition coefficient (Wildman–Crippen LogP) is 5.10. The van der Waals surface area contributed by atoms with Crippen molar-refractivity contribution in [3.05, 3.63) is 71.4 Å². The van der Waals surface area contributed by atoms with Crippen LogP contribution < -0.4 is 0 Å². The summed E-state index contributed by atoms with van der Waals surface area (Å²) in [5, 5.41) is 10.4. The molecule has 5 heteroatoms. The lowest BCUT2D eigenvalue weighted by Crippen LogP contribution is -2.26. The number of rotatable bonds is 9. The minimum atomic E-state index is -0.825. The van der Waals surface area contributed by atoms with Crippen molar-refractivity contribution >= 4 is 34.6 Å². The molecule has 3 aromatic rings. The van der Waals surface area contributed by atoms with Gasteiger partial charge in [-0.2, -0.15) is 0 Å². The van der Waals surface area contributed by atoms with Crippen molar-refractivity contribution in [3.63, 3.8) is 0 Å². The Kier molecular flexibility index (Phi) is 8.87. The van der Waals surface area contributed by atoms with Gasteiger partial charge in [0, 0.05) is 29.7 Å². The maximum atomic E-state index is 11.3. The number of benzene rings is 2. The maximum Gasteiger partial charge on any atom is 0.323 e. The van der Waals surface area contributed by atoms with Gasteiger partial charge < -0.3 is 14.6 Å². The normalized spacial score (nSPS) is 10.3. The number of nitrogens with zero attached hydrogens (tertiary/aromatic N) is 2. The van der Waals surface area contributed by atoms with Gasteiger partial charge in [-0.15, -0.1) is 0 Å². The molecule has 0 aliphatic rings. The standard InChI is InChI=1S/C22H24N2O2S.C2H6/c1-17-19(20-9-5-6-10-21(20)24(17)15-22(25)26)12-14-23(16-27)13-11-18-7-3-2-4-8-18;1-2/h2-10,16H,11-15H2,1H3,(H,25,26);1-2H3. The van der Waals surface area contributed by atoms with Crippen LogP contribution in [0.15, 0.2) is 54.6 Å². The summed E-state index contributed by atoms with van der Waals surface area (Å²) in [4.78, 5) is 13.4. The van der Waals surface area contributed by atoms with E-state index in [0.29, 0.717) is 0 Å². The third-order valence-corrected chi connectivity index (χ3v) is 5.28. The van der Waals surface area contributed by atoms with E-state index in [9.17, 15) is 9.90 Å². The summed E-state index contributed by atoms with van der Waals surface area (Å²) in [6.45, 7) is 7.68. The number of hydrogen-bond donors (Lipinski definition) is 1. The first-order chi connectivity index (χ1) is 14.1. The van der Waals surface area contributed by atoms with Crippen LogP contribution >= 0.6 is 12.2 Å². The van der Waals surface area contributed by atoms with Crippen LogP contribution in [0.2, 0.25) is 0 Å². The summed E-state index contributed by atoms with van der Waals surface area (Å²) in [7, 11) is 0. The molecule has 29 heavy (non-hydrogen) atoms. The summed E-state index contributed by atoms with van der Waals surface area (Å²) in [5.74, 6) is -0.825. The number of thiocarbonyl (C=S) groups is 1. The minimum absolute atomic E-state index is 0.0166. The van der Waals surface area contributed by atoms with E-state index in [-0.39, 0.29) is 6.54 Å². The average Bonchev–Trinajstić information content (AvgIpc) is 3.01. The number of carboxylic acid groups (broad SMARTS) is 1. The molecule has 1 aromatic heterocycles. The van der Waals surface area contributed by atoms with E-state index in [1.165, 1.54) is 11.1 Å². The Bertz CT molecular complexity index is 935. The second-order valence-electron chi connectivity index (χ2n) is 6.69. The van der Waals surface area contributed by atoms with Gasteiger partial charge in [0.05, 0.1) is 5.49 Å². The molecule has 0 radical (unpaired) electrons. The SMILES string of the molecule is CC.Cc1c(CCN(C=S)CCc2ccccc2)c2ccccc2n1CC(=O)O. The fourth-order valence-corrected chi connectivity index (χ4v) is 3.76. The van der Waals surface area contributed by atoms with E-state index in [0.717, 1.165) is 42.5 Å². The minimum Gasteiger partial charge on any atom is -0.480 e. The molecule has 4 nitrogen and oxygen atoms in total. The molecule has 0 bridgehead atoms. The summed E-state index contributed by atoms with van der Waals surface area (Å²) < 4.78 is 1.89. The smallest absolute Gasteiger partial charge is 0.323 e. The second kappa shape index (κ2) is 11.4. The molecule has 0 atom stereocenters. The van der Waals surface area contributed by atoms with Crippen LogP contribution in [0.3, 0.4) is 0 Å². The van der Waals surface area contributed by atoms with E-state index >= 15 is 0 Å². The number of fused-ring (bicyclic) bond motifs is 1. The molecule has 1 N–H and O–H groups in total. The zero-order chi connectivity index (χ0) is 21.2. The van der Waals surface area contributed by atoms with E-state index in [1.807, 2.05) is 49.6 Å². The molecular formula is C24H30N2O2S. The van der Waals surface area contributed by atoms with E-state index < -0.39 is 5.97 Å². The van der Waals surface area contributed by atoms with Gasteiger partial charge in [0.25, 0.3) is 0 Å². The van der Waals surface area contributed by atoms with Gasteiger partial charge in [-0.25, -0.2) is 0 Å². The number of aromatic nitrogens is 1. The molecule has 0 spiro atoms. The highest BCUT2D eigenvalue weighted by Crippen LogP contribution is 2.26. The van der Waals surface area contributed by atoms with Crippen LogP contribution in [0.4, 0.5) is 0 Å². The van der Waals surface area contributed by atoms with Crippen molar-refractivity contribution in [2.75, 3.05) is 13.1 Å². The molecule has 3 rings (SSSR count). The Morgan fingerprint density at radius 3 is 2.31 bits per heavy atom. The number of aliphatic carboxylic acids is 1. The second-order valence-corrected chi connectivity index (χ2v) is 6.90. The third kappa shape index (κ3) is 5.91. The molecule has 0 aliphatic carbocycles. The van der Waals surface area contributed by atoms with Crippen molar-refractivity contribution in [1.29, 1.82) is 0 Å². The van der Waals surface area contributed by atoms with Crippen molar-refractivity contribution in [1.82, 2.24) is 9.47 Å². The number of para-hydroxylation sites is 1. The molecule has 0 saturated carbocycles. The first kappa shape index (κ1) is 22.6. The van der Waals surface area contributed by atoms with Crippen LogP contribution in [0.1, 0.15) is 30.7 Å². The quantitative estimate of drug-likeness (QED) is 0.498. The van der Waals surface area contributed by atoms with Gasteiger partial charge in [-0.05, 0) is 37.0 Å². The molecule has 1 heterocycles. The zero-order valence-corrected chi connectivity index (χ0v) is 18.3. The number of carboxylic acids is 1. The Labute approximate surface area is 178 Å². The van der Waals surface area contributed by atoms with Gasteiger partial charge in [-0.1, -0.05) is 74.6 Å². The Morgan fingerprint density at radius 2 is 1.66 bits per heavy atom.